The van der Waals surface area contributed by atoms with E-state index in [1.54, 1.807) is 0 Å². The van der Waals surface area contributed by atoms with Crippen LogP contribution in [-0.2, 0) is 0 Å². The standard InChI is InChI=1S/C12H19N7O/c1-2-14-9-5-10(17-11(13)16-9)18-3-4-19-8(7-18)6-15-12(19)20/h5,8H,2-4,6-7H2,1H3,(H,15,20)(H3,13,14,16,17). The van der Waals surface area contributed by atoms with Crippen molar-refractivity contribution in [3.05, 3.63) is 6.07 Å². The molecule has 0 aromatic carbocycles. The zero-order valence-corrected chi connectivity index (χ0v) is 11.5. The molecule has 1 aromatic heterocycles. The zero-order chi connectivity index (χ0) is 14.1. The van der Waals surface area contributed by atoms with Gasteiger partial charge in [-0.05, 0) is 6.92 Å². The predicted octanol–water partition coefficient (Wildman–Crippen LogP) is -0.296. The molecule has 2 amide bonds. The van der Waals surface area contributed by atoms with E-state index in [4.69, 9.17) is 5.73 Å². The fourth-order valence-corrected chi connectivity index (χ4v) is 2.70. The molecule has 2 aliphatic heterocycles. The molecule has 1 aromatic rings. The second kappa shape index (κ2) is 5.03. The van der Waals surface area contributed by atoms with Crippen LogP contribution >= 0.6 is 0 Å². The minimum absolute atomic E-state index is 0.0326. The van der Waals surface area contributed by atoms with Gasteiger partial charge in [0, 0.05) is 38.8 Å². The molecule has 0 aliphatic carbocycles. The van der Waals surface area contributed by atoms with Crippen LogP contribution in [0.25, 0.3) is 0 Å². The Bertz CT molecular complexity index is 521. The molecule has 2 saturated heterocycles. The average Bonchev–Trinajstić information content (AvgIpc) is 2.80. The molecule has 0 spiro atoms. The van der Waals surface area contributed by atoms with Crippen molar-refractivity contribution in [2.75, 3.05) is 48.7 Å². The van der Waals surface area contributed by atoms with E-state index in [-0.39, 0.29) is 18.0 Å². The molecule has 8 heteroatoms. The van der Waals surface area contributed by atoms with Crippen LogP contribution in [0.3, 0.4) is 0 Å². The van der Waals surface area contributed by atoms with Gasteiger partial charge in [0.2, 0.25) is 5.95 Å². The molecule has 1 unspecified atom stereocenters. The fraction of sp³-hybridized carbons (Fsp3) is 0.583. The number of amides is 2. The number of aromatic nitrogens is 2. The second-order valence-electron chi connectivity index (χ2n) is 4.98. The molecular formula is C12H19N7O. The summed E-state index contributed by atoms with van der Waals surface area (Å²) in [6.07, 6.45) is 0. The number of piperazine rings is 1. The Balaban J connectivity index is 1.78. The molecule has 20 heavy (non-hydrogen) atoms. The Labute approximate surface area is 117 Å². The number of urea groups is 1. The van der Waals surface area contributed by atoms with Crippen LogP contribution in [0.1, 0.15) is 6.92 Å². The highest BCUT2D eigenvalue weighted by molar-refractivity contribution is 5.77. The number of nitrogen functional groups attached to an aromatic ring is 1. The summed E-state index contributed by atoms with van der Waals surface area (Å²) in [6.45, 7) is 5.71. The number of nitrogens with one attached hydrogen (secondary N) is 2. The molecule has 2 fully saturated rings. The van der Waals surface area contributed by atoms with Crippen LogP contribution in [0.5, 0.6) is 0 Å². The lowest BCUT2D eigenvalue weighted by molar-refractivity contribution is 0.197. The highest BCUT2D eigenvalue weighted by Gasteiger charge is 2.35. The van der Waals surface area contributed by atoms with Gasteiger partial charge in [-0.25, -0.2) is 4.79 Å². The smallest absolute Gasteiger partial charge is 0.317 e. The van der Waals surface area contributed by atoms with Gasteiger partial charge >= 0.3 is 6.03 Å². The van der Waals surface area contributed by atoms with Crippen molar-refractivity contribution in [1.82, 2.24) is 20.2 Å². The molecule has 2 aliphatic rings. The maximum Gasteiger partial charge on any atom is 0.317 e. The van der Waals surface area contributed by atoms with Crippen molar-refractivity contribution >= 4 is 23.6 Å². The number of carbonyl (C=O) groups is 1. The Kier molecular flexibility index (Phi) is 3.21. The first-order valence-corrected chi connectivity index (χ1v) is 6.85. The van der Waals surface area contributed by atoms with Gasteiger partial charge in [-0.3, -0.25) is 0 Å². The monoisotopic (exact) mass is 277 g/mol. The maximum absolute atomic E-state index is 11.6. The van der Waals surface area contributed by atoms with Crippen LogP contribution in [0.2, 0.25) is 0 Å². The van der Waals surface area contributed by atoms with E-state index in [9.17, 15) is 4.79 Å². The van der Waals surface area contributed by atoms with Crippen molar-refractivity contribution in [2.45, 2.75) is 13.0 Å². The van der Waals surface area contributed by atoms with Gasteiger partial charge in [0.05, 0.1) is 6.04 Å². The topological polar surface area (TPSA) is 99.4 Å². The molecular weight excluding hydrogens is 258 g/mol. The van der Waals surface area contributed by atoms with Crippen molar-refractivity contribution in [2.24, 2.45) is 0 Å². The first-order valence-electron chi connectivity index (χ1n) is 6.85. The van der Waals surface area contributed by atoms with Crippen LogP contribution in [-0.4, -0.2) is 59.7 Å². The summed E-state index contributed by atoms with van der Waals surface area (Å²) in [5.74, 6) is 1.81. The highest BCUT2D eigenvalue weighted by Crippen LogP contribution is 2.22. The SMILES string of the molecule is CCNc1cc(N2CCN3C(=O)NCC3C2)nc(N)n1. The van der Waals surface area contributed by atoms with Gasteiger partial charge in [0.25, 0.3) is 0 Å². The van der Waals surface area contributed by atoms with Crippen molar-refractivity contribution in [3.63, 3.8) is 0 Å². The molecule has 0 radical (unpaired) electrons. The van der Waals surface area contributed by atoms with E-state index in [0.717, 1.165) is 31.3 Å². The molecule has 0 saturated carbocycles. The second-order valence-corrected chi connectivity index (χ2v) is 4.98. The van der Waals surface area contributed by atoms with Gasteiger partial charge < -0.3 is 26.2 Å². The summed E-state index contributed by atoms with van der Waals surface area (Å²) in [7, 11) is 0. The van der Waals surface area contributed by atoms with Crippen LogP contribution in [0.4, 0.5) is 22.4 Å². The van der Waals surface area contributed by atoms with Crippen LogP contribution in [0.15, 0.2) is 6.07 Å². The summed E-state index contributed by atoms with van der Waals surface area (Å²) in [4.78, 5) is 24.1. The van der Waals surface area contributed by atoms with E-state index in [1.807, 2.05) is 17.9 Å². The van der Waals surface area contributed by atoms with E-state index >= 15 is 0 Å². The van der Waals surface area contributed by atoms with E-state index < -0.39 is 0 Å². The lowest BCUT2D eigenvalue weighted by Crippen LogP contribution is -2.52. The Morgan fingerprint density at radius 3 is 3.15 bits per heavy atom. The van der Waals surface area contributed by atoms with Gasteiger partial charge in [-0.2, -0.15) is 9.97 Å². The molecule has 3 rings (SSSR count). The third-order valence-corrected chi connectivity index (χ3v) is 3.64. The van der Waals surface area contributed by atoms with E-state index in [0.29, 0.717) is 13.1 Å². The summed E-state index contributed by atoms with van der Waals surface area (Å²) in [6, 6.07) is 2.14. The number of hydrogen-bond acceptors (Lipinski definition) is 6. The van der Waals surface area contributed by atoms with Crippen LogP contribution in [0, 0.1) is 0 Å². The lowest BCUT2D eigenvalue weighted by atomic mass is 10.2. The molecule has 108 valence electrons. The molecule has 1 atom stereocenters. The summed E-state index contributed by atoms with van der Waals surface area (Å²) >= 11 is 0. The Hall–Kier alpha value is -2.25. The Morgan fingerprint density at radius 1 is 1.50 bits per heavy atom. The maximum atomic E-state index is 11.6. The average molecular weight is 277 g/mol. The quantitative estimate of drug-likeness (QED) is 0.702. The zero-order valence-electron chi connectivity index (χ0n) is 11.5. The van der Waals surface area contributed by atoms with Crippen molar-refractivity contribution in [1.29, 1.82) is 0 Å². The van der Waals surface area contributed by atoms with Crippen LogP contribution < -0.4 is 21.3 Å². The minimum atomic E-state index is 0.0326. The van der Waals surface area contributed by atoms with E-state index in [1.165, 1.54) is 0 Å². The number of nitrogens with zero attached hydrogens (tertiary/aromatic N) is 4. The number of rotatable bonds is 3. The number of hydrogen-bond donors (Lipinski definition) is 3. The summed E-state index contributed by atoms with van der Waals surface area (Å²) < 4.78 is 0. The van der Waals surface area contributed by atoms with Gasteiger partial charge in [0.1, 0.15) is 11.6 Å². The number of nitrogens with two attached hydrogens (primary N) is 1. The normalized spacial score (nSPS) is 21.6. The fourth-order valence-electron chi connectivity index (χ4n) is 2.70. The van der Waals surface area contributed by atoms with Gasteiger partial charge in [-0.1, -0.05) is 0 Å². The number of fused-ring (bicyclic) bond motifs is 1. The first kappa shape index (κ1) is 12.8. The lowest BCUT2D eigenvalue weighted by Gasteiger charge is -2.37. The predicted molar refractivity (Wildman–Crippen MR) is 76.7 cm³/mol. The number of anilines is 3. The molecule has 3 heterocycles. The summed E-state index contributed by atoms with van der Waals surface area (Å²) in [5, 5.41) is 6.01. The largest absolute Gasteiger partial charge is 0.370 e. The minimum Gasteiger partial charge on any atom is -0.370 e. The first-order chi connectivity index (χ1) is 9.67. The molecule has 8 nitrogen and oxygen atoms in total. The summed E-state index contributed by atoms with van der Waals surface area (Å²) in [5.41, 5.74) is 5.76. The Morgan fingerprint density at radius 2 is 2.35 bits per heavy atom. The highest BCUT2D eigenvalue weighted by atomic mass is 16.2. The molecule has 0 bridgehead atoms. The van der Waals surface area contributed by atoms with E-state index in [2.05, 4.69) is 25.5 Å². The van der Waals surface area contributed by atoms with Gasteiger partial charge in [0.15, 0.2) is 0 Å². The third kappa shape index (κ3) is 2.28. The number of carbonyl (C=O) groups excluding carboxylic acids is 1. The van der Waals surface area contributed by atoms with Gasteiger partial charge in [-0.15, -0.1) is 0 Å². The van der Waals surface area contributed by atoms with Crippen molar-refractivity contribution < 1.29 is 4.79 Å². The third-order valence-electron chi connectivity index (χ3n) is 3.64. The molecule has 4 N–H and O–H groups in total. The van der Waals surface area contributed by atoms with Crippen molar-refractivity contribution in [3.8, 4) is 0 Å².